The number of anilines is 1. The van der Waals surface area contributed by atoms with Crippen molar-refractivity contribution in [1.29, 1.82) is 0 Å². The Labute approximate surface area is 163 Å². The second kappa shape index (κ2) is 8.81. The van der Waals surface area contributed by atoms with Crippen molar-refractivity contribution in [2.75, 3.05) is 12.4 Å². The quantitative estimate of drug-likeness (QED) is 0.640. The topological polar surface area (TPSA) is 73.3 Å². The average Bonchev–Trinajstić information content (AvgIpc) is 2.71. The Balaban J connectivity index is 1.74. The van der Waals surface area contributed by atoms with Crippen molar-refractivity contribution in [3.8, 4) is 17.4 Å². The number of aromatic nitrogens is 2. The second-order valence-corrected chi connectivity index (χ2v) is 6.14. The molecule has 0 bridgehead atoms. The molecule has 0 aliphatic carbocycles. The highest BCUT2D eigenvalue weighted by Gasteiger charge is 2.10. The van der Waals surface area contributed by atoms with Gasteiger partial charge in [0, 0.05) is 18.5 Å². The molecule has 6 heteroatoms. The van der Waals surface area contributed by atoms with Gasteiger partial charge < -0.3 is 14.8 Å². The van der Waals surface area contributed by atoms with E-state index in [0.29, 0.717) is 23.1 Å². The van der Waals surface area contributed by atoms with Gasteiger partial charge in [-0.25, -0.2) is 4.98 Å². The molecule has 0 saturated heterocycles. The molecule has 3 aromatic rings. The molecular formula is C22H21N3O3. The van der Waals surface area contributed by atoms with Crippen LogP contribution in [-0.4, -0.2) is 23.0 Å². The fourth-order valence-electron chi connectivity index (χ4n) is 2.49. The molecule has 0 aliphatic heterocycles. The SMILES string of the molecule is COc1cncc(/C=C/C(=O)Nc2cccnc2Oc2cccc(C)c2C)c1. The van der Waals surface area contributed by atoms with Gasteiger partial charge in [-0.15, -0.1) is 0 Å². The number of rotatable bonds is 6. The highest BCUT2D eigenvalue weighted by Crippen LogP contribution is 2.30. The molecule has 2 heterocycles. The Bertz CT molecular complexity index is 1020. The first kappa shape index (κ1) is 19.1. The Morgan fingerprint density at radius 3 is 2.82 bits per heavy atom. The van der Waals surface area contributed by atoms with Crippen LogP contribution in [0.25, 0.3) is 6.08 Å². The van der Waals surface area contributed by atoms with Crippen molar-refractivity contribution in [2.45, 2.75) is 13.8 Å². The normalized spacial score (nSPS) is 10.7. The number of aryl methyl sites for hydroxylation is 1. The molecule has 3 rings (SSSR count). The number of amides is 1. The minimum Gasteiger partial charge on any atom is -0.495 e. The molecule has 0 aliphatic rings. The molecule has 0 saturated carbocycles. The van der Waals surface area contributed by atoms with Gasteiger partial charge in [-0.3, -0.25) is 9.78 Å². The molecule has 142 valence electrons. The largest absolute Gasteiger partial charge is 0.495 e. The number of hydrogen-bond donors (Lipinski definition) is 1. The van der Waals surface area contributed by atoms with Crippen LogP contribution in [0.4, 0.5) is 5.69 Å². The Morgan fingerprint density at radius 1 is 1.14 bits per heavy atom. The first-order valence-corrected chi connectivity index (χ1v) is 8.74. The van der Waals surface area contributed by atoms with E-state index in [2.05, 4.69) is 15.3 Å². The fourth-order valence-corrected chi connectivity index (χ4v) is 2.49. The smallest absolute Gasteiger partial charge is 0.248 e. The van der Waals surface area contributed by atoms with E-state index in [9.17, 15) is 4.79 Å². The van der Waals surface area contributed by atoms with E-state index >= 15 is 0 Å². The van der Waals surface area contributed by atoms with E-state index in [1.54, 1.807) is 50.0 Å². The van der Waals surface area contributed by atoms with Crippen LogP contribution < -0.4 is 14.8 Å². The summed E-state index contributed by atoms with van der Waals surface area (Å²) in [5, 5.41) is 2.80. The van der Waals surface area contributed by atoms with Gasteiger partial charge in [-0.2, -0.15) is 0 Å². The number of hydrogen-bond acceptors (Lipinski definition) is 5. The maximum Gasteiger partial charge on any atom is 0.248 e. The van der Waals surface area contributed by atoms with Gasteiger partial charge in [0.2, 0.25) is 11.8 Å². The number of benzene rings is 1. The highest BCUT2D eigenvalue weighted by molar-refractivity contribution is 6.02. The second-order valence-electron chi connectivity index (χ2n) is 6.14. The van der Waals surface area contributed by atoms with Gasteiger partial charge in [-0.05, 0) is 60.9 Å². The summed E-state index contributed by atoms with van der Waals surface area (Å²) in [5.74, 6) is 1.36. The van der Waals surface area contributed by atoms with Crippen LogP contribution in [0.1, 0.15) is 16.7 Å². The Hall–Kier alpha value is -3.67. The molecule has 0 fully saturated rings. The average molecular weight is 375 g/mol. The van der Waals surface area contributed by atoms with Crippen LogP contribution in [0.3, 0.4) is 0 Å². The third-order valence-corrected chi connectivity index (χ3v) is 4.19. The number of ether oxygens (including phenoxy) is 2. The van der Waals surface area contributed by atoms with Crippen molar-refractivity contribution in [1.82, 2.24) is 9.97 Å². The molecule has 2 aromatic heterocycles. The van der Waals surface area contributed by atoms with Crippen LogP contribution in [0.5, 0.6) is 17.4 Å². The molecule has 0 radical (unpaired) electrons. The summed E-state index contributed by atoms with van der Waals surface area (Å²) >= 11 is 0. The standard InChI is InChI=1S/C22H21N3O3/c1-15-6-4-8-20(16(15)2)28-22-19(7-5-11-24-22)25-21(26)10-9-17-12-18(27-3)14-23-13-17/h4-14H,1-3H3,(H,25,26)/b10-9+. The first-order chi connectivity index (χ1) is 13.6. The summed E-state index contributed by atoms with van der Waals surface area (Å²) in [6.07, 6.45) is 7.95. The number of methoxy groups -OCH3 is 1. The van der Waals surface area contributed by atoms with Crippen molar-refractivity contribution in [3.63, 3.8) is 0 Å². The molecule has 1 amide bonds. The zero-order chi connectivity index (χ0) is 19.9. The third kappa shape index (κ3) is 4.73. The minimum absolute atomic E-state index is 0.304. The fraction of sp³-hybridized carbons (Fsp3) is 0.136. The highest BCUT2D eigenvalue weighted by atomic mass is 16.5. The van der Waals surface area contributed by atoms with Gasteiger partial charge in [0.25, 0.3) is 0 Å². The van der Waals surface area contributed by atoms with Crippen LogP contribution in [0.2, 0.25) is 0 Å². The summed E-state index contributed by atoms with van der Waals surface area (Å²) in [4.78, 5) is 20.6. The summed E-state index contributed by atoms with van der Waals surface area (Å²) in [6, 6.07) is 11.1. The molecule has 0 atom stereocenters. The lowest BCUT2D eigenvalue weighted by Gasteiger charge is -2.12. The number of carbonyl (C=O) groups is 1. The lowest BCUT2D eigenvalue weighted by atomic mass is 10.1. The van der Waals surface area contributed by atoms with E-state index in [0.717, 1.165) is 16.7 Å². The maximum absolute atomic E-state index is 12.3. The van der Waals surface area contributed by atoms with Crippen LogP contribution >= 0.6 is 0 Å². The maximum atomic E-state index is 12.3. The zero-order valence-electron chi connectivity index (χ0n) is 16.0. The zero-order valence-corrected chi connectivity index (χ0v) is 16.0. The monoisotopic (exact) mass is 375 g/mol. The molecule has 1 N–H and O–H groups in total. The van der Waals surface area contributed by atoms with Gasteiger partial charge in [-0.1, -0.05) is 12.1 Å². The minimum atomic E-state index is -0.304. The van der Waals surface area contributed by atoms with Crippen LogP contribution in [0.15, 0.2) is 61.1 Å². The van der Waals surface area contributed by atoms with E-state index in [4.69, 9.17) is 9.47 Å². The summed E-state index contributed by atoms with van der Waals surface area (Å²) in [6.45, 7) is 4.00. The van der Waals surface area contributed by atoms with E-state index in [1.165, 1.54) is 6.08 Å². The predicted molar refractivity (Wildman–Crippen MR) is 109 cm³/mol. The van der Waals surface area contributed by atoms with Crippen molar-refractivity contribution < 1.29 is 14.3 Å². The lowest BCUT2D eigenvalue weighted by molar-refractivity contribution is -0.111. The lowest BCUT2D eigenvalue weighted by Crippen LogP contribution is -2.09. The number of nitrogens with one attached hydrogen (secondary N) is 1. The third-order valence-electron chi connectivity index (χ3n) is 4.19. The number of nitrogens with zero attached hydrogens (tertiary/aromatic N) is 2. The van der Waals surface area contributed by atoms with Crippen molar-refractivity contribution in [3.05, 3.63) is 77.8 Å². The molecular weight excluding hydrogens is 354 g/mol. The van der Waals surface area contributed by atoms with Gasteiger partial charge in [0.1, 0.15) is 17.2 Å². The van der Waals surface area contributed by atoms with Gasteiger partial charge >= 0.3 is 0 Å². The summed E-state index contributed by atoms with van der Waals surface area (Å²) in [5.41, 5.74) is 3.39. The van der Waals surface area contributed by atoms with E-state index in [1.807, 2.05) is 32.0 Å². The van der Waals surface area contributed by atoms with Crippen molar-refractivity contribution >= 4 is 17.7 Å². The Morgan fingerprint density at radius 2 is 2.00 bits per heavy atom. The van der Waals surface area contributed by atoms with Crippen LogP contribution in [-0.2, 0) is 4.79 Å². The molecule has 0 unspecified atom stereocenters. The summed E-state index contributed by atoms with van der Waals surface area (Å²) < 4.78 is 11.1. The summed E-state index contributed by atoms with van der Waals surface area (Å²) in [7, 11) is 1.57. The molecule has 1 aromatic carbocycles. The molecule has 6 nitrogen and oxygen atoms in total. The van der Waals surface area contributed by atoms with Gasteiger partial charge in [0.15, 0.2) is 0 Å². The van der Waals surface area contributed by atoms with Crippen molar-refractivity contribution in [2.24, 2.45) is 0 Å². The number of carbonyl (C=O) groups excluding carboxylic acids is 1. The Kier molecular flexibility index (Phi) is 6.01. The molecule has 0 spiro atoms. The van der Waals surface area contributed by atoms with E-state index < -0.39 is 0 Å². The van der Waals surface area contributed by atoms with Gasteiger partial charge in [0.05, 0.1) is 13.3 Å². The van der Waals surface area contributed by atoms with E-state index in [-0.39, 0.29) is 5.91 Å². The molecule has 28 heavy (non-hydrogen) atoms. The number of pyridine rings is 2. The van der Waals surface area contributed by atoms with Crippen LogP contribution in [0, 0.1) is 13.8 Å². The predicted octanol–water partition coefficient (Wildman–Crippen LogP) is 4.55. The first-order valence-electron chi connectivity index (χ1n) is 8.74.